The third-order valence-electron chi connectivity index (χ3n) is 3.75. The number of hydrogen-bond acceptors (Lipinski definition) is 4. The molecule has 0 bridgehead atoms. The van der Waals surface area contributed by atoms with Crippen molar-refractivity contribution in [3.63, 3.8) is 0 Å². The van der Waals surface area contributed by atoms with Crippen molar-refractivity contribution in [2.75, 3.05) is 7.11 Å². The van der Waals surface area contributed by atoms with Crippen LogP contribution in [0.4, 0.5) is 0 Å². The zero-order valence-corrected chi connectivity index (χ0v) is 14.5. The van der Waals surface area contributed by atoms with E-state index in [1.165, 1.54) is 7.11 Å². The molecule has 0 fully saturated rings. The summed E-state index contributed by atoms with van der Waals surface area (Å²) >= 11 is 0. The highest BCUT2D eigenvalue weighted by molar-refractivity contribution is 5.81. The van der Waals surface area contributed by atoms with Crippen molar-refractivity contribution < 1.29 is 19.1 Å². The van der Waals surface area contributed by atoms with Gasteiger partial charge in [0.15, 0.2) is 6.10 Å². The van der Waals surface area contributed by atoms with Crippen molar-refractivity contribution in [3.05, 3.63) is 65.7 Å². The lowest BCUT2D eigenvalue weighted by Gasteiger charge is -2.17. The van der Waals surface area contributed by atoms with Crippen molar-refractivity contribution in [2.24, 2.45) is 0 Å². The van der Waals surface area contributed by atoms with E-state index >= 15 is 0 Å². The van der Waals surface area contributed by atoms with Crippen molar-refractivity contribution in [1.29, 1.82) is 0 Å². The average Bonchev–Trinajstić information content (AvgIpc) is 2.66. The van der Waals surface area contributed by atoms with Crippen molar-refractivity contribution >= 4 is 11.9 Å². The first kappa shape index (κ1) is 18.5. The summed E-state index contributed by atoms with van der Waals surface area (Å²) in [5.74, 6) is 0.153. The first-order valence-corrected chi connectivity index (χ1v) is 8.26. The molecular weight excluding hydrogens is 318 g/mol. The summed E-state index contributed by atoms with van der Waals surface area (Å²) in [5.41, 5.74) is 1.87. The maximum absolute atomic E-state index is 12.3. The Hall–Kier alpha value is -2.82. The van der Waals surface area contributed by atoms with Gasteiger partial charge in [-0.25, -0.2) is 0 Å². The Labute approximate surface area is 148 Å². The van der Waals surface area contributed by atoms with Crippen LogP contribution in [-0.4, -0.2) is 25.1 Å². The van der Waals surface area contributed by atoms with Crippen molar-refractivity contribution in [3.8, 4) is 5.75 Å². The Morgan fingerprint density at radius 3 is 2.28 bits per heavy atom. The van der Waals surface area contributed by atoms with Gasteiger partial charge in [0, 0.05) is 6.54 Å². The largest absolute Gasteiger partial charge is 0.481 e. The molecule has 2 rings (SSSR count). The predicted molar refractivity (Wildman–Crippen MR) is 95.2 cm³/mol. The second kappa shape index (κ2) is 9.47. The molecule has 0 spiro atoms. The van der Waals surface area contributed by atoms with Crippen LogP contribution in [0.15, 0.2) is 54.6 Å². The van der Waals surface area contributed by atoms with Gasteiger partial charge in [-0.3, -0.25) is 9.59 Å². The van der Waals surface area contributed by atoms with Crippen molar-refractivity contribution in [2.45, 2.75) is 32.4 Å². The zero-order valence-electron chi connectivity index (χ0n) is 14.5. The number of nitrogens with one attached hydrogen (secondary N) is 1. The highest BCUT2D eigenvalue weighted by atomic mass is 16.5. The minimum atomic E-state index is -0.560. The molecule has 5 heteroatoms. The van der Waals surface area contributed by atoms with Gasteiger partial charge in [0.2, 0.25) is 0 Å². The van der Waals surface area contributed by atoms with Crippen LogP contribution in [0.5, 0.6) is 5.75 Å². The summed E-state index contributed by atoms with van der Waals surface area (Å²) in [6, 6.07) is 16.8. The standard InChI is InChI=1S/C20H23NO4/c1-3-18(20(23)21-14-16-7-5-4-6-8-16)25-17-11-9-15(10-12-17)13-19(22)24-2/h4-12,18H,3,13-14H2,1-2H3,(H,21,23)/t18-/m0/s1. The molecule has 0 aliphatic carbocycles. The number of methoxy groups -OCH3 is 1. The van der Waals surface area contributed by atoms with Gasteiger partial charge in [0.25, 0.3) is 5.91 Å². The monoisotopic (exact) mass is 341 g/mol. The Morgan fingerprint density at radius 1 is 1.00 bits per heavy atom. The maximum atomic E-state index is 12.3. The molecule has 0 saturated heterocycles. The summed E-state index contributed by atoms with van der Waals surface area (Å²) < 4.78 is 10.4. The van der Waals surface area contributed by atoms with Gasteiger partial charge in [-0.15, -0.1) is 0 Å². The number of esters is 1. The molecule has 0 aliphatic heterocycles. The fourth-order valence-electron chi connectivity index (χ4n) is 2.31. The van der Waals surface area contributed by atoms with Crippen LogP contribution < -0.4 is 10.1 Å². The molecule has 2 aromatic carbocycles. The van der Waals surface area contributed by atoms with Crippen molar-refractivity contribution in [1.82, 2.24) is 5.32 Å². The van der Waals surface area contributed by atoms with Crippen LogP contribution in [0.2, 0.25) is 0 Å². The molecule has 1 atom stereocenters. The first-order valence-electron chi connectivity index (χ1n) is 8.26. The zero-order chi connectivity index (χ0) is 18.1. The highest BCUT2D eigenvalue weighted by Crippen LogP contribution is 2.16. The molecule has 0 unspecified atom stereocenters. The van der Waals surface area contributed by atoms with E-state index in [2.05, 4.69) is 10.1 Å². The summed E-state index contributed by atoms with van der Waals surface area (Å²) in [7, 11) is 1.36. The lowest BCUT2D eigenvalue weighted by atomic mass is 10.1. The van der Waals surface area contributed by atoms with Gasteiger partial charge in [0.1, 0.15) is 5.75 Å². The third-order valence-corrected chi connectivity index (χ3v) is 3.75. The number of ether oxygens (including phenoxy) is 2. The van der Waals surface area contributed by atoms with Crippen LogP contribution in [-0.2, 0) is 27.3 Å². The normalized spacial score (nSPS) is 11.4. The van der Waals surface area contributed by atoms with Gasteiger partial charge in [0.05, 0.1) is 13.5 Å². The van der Waals surface area contributed by atoms with Crippen LogP contribution in [0.25, 0.3) is 0 Å². The maximum Gasteiger partial charge on any atom is 0.309 e. The van der Waals surface area contributed by atoms with Crippen LogP contribution in [0, 0.1) is 0 Å². The average molecular weight is 341 g/mol. The number of benzene rings is 2. The SMILES string of the molecule is CC[C@H](Oc1ccc(CC(=O)OC)cc1)C(=O)NCc1ccccc1. The molecule has 132 valence electrons. The van der Waals surface area contributed by atoms with E-state index in [1.807, 2.05) is 37.3 Å². The van der Waals surface area contributed by atoms with Crippen LogP contribution >= 0.6 is 0 Å². The van der Waals surface area contributed by atoms with E-state index < -0.39 is 6.10 Å². The lowest BCUT2D eigenvalue weighted by molar-refractivity contribution is -0.139. The number of rotatable bonds is 8. The predicted octanol–water partition coefficient (Wildman–Crippen LogP) is 2.88. The van der Waals surface area contributed by atoms with Gasteiger partial charge < -0.3 is 14.8 Å². The van der Waals surface area contributed by atoms with Gasteiger partial charge >= 0.3 is 5.97 Å². The molecule has 0 heterocycles. The quantitative estimate of drug-likeness (QED) is 0.750. The molecule has 0 radical (unpaired) electrons. The second-order valence-corrected chi connectivity index (χ2v) is 5.62. The van der Waals surface area contributed by atoms with Gasteiger partial charge in [-0.2, -0.15) is 0 Å². The summed E-state index contributed by atoms with van der Waals surface area (Å²) in [4.78, 5) is 23.6. The topological polar surface area (TPSA) is 64.6 Å². The number of carbonyl (C=O) groups is 2. The van der Waals surface area contributed by atoms with Gasteiger partial charge in [-0.05, 0) is 29.7 Å². The molecular formula is C20H23NO4. The summed E-state index contributed by atoms with van der Waals surface area (Å²) in [6.07, 6.45) is 0.214. The van der Waals surface area contributed by atoms with E-state index in [0.29, 0.717) is 18.7 Å². The summed E-state index contributed by atoms with van der Waals surface area (Å²) in [6.45, 7) is 2.37. The molecule has 25 heavy (non-hydrogen) atoms. The number of carbonyl (C=O) groups excluding carboxylic acids is 2. The molecule has 0 aromatic heterocycles. The second-order valence-electron chi connectivity index (χ2n) is 5.62. The fraction of sp³-hybridized carbons (Fsp3) is 0.300. The van der Waals surface area contributed by atoms with Gasteiger partial charge in [-0.1, -0.05) is 49.4 Å². The molecule has 0 saturated carbocycles. The molecule has 1 N–H and O–H groups in total. The van der Waals surface area contributed by atoms with E-state index in [-0.39, 0.29) is 18.3 Å². The minimum Gasteiger partial charge on any atom is -0.481 e. The van der Waals surface area contributed by atoms with Crippen LogP contribution in [0.3, 0.4) is 0 Å². The number of amides is 1. The smallest absolute Gasteiger partial charge is 0.309 e. The molecule has 1 amide bonds. The Bertz CT molecular complexity index is 683. The first-order chi connectivity index (χ1) is 12.1. The minimum absolute atomic E-state index is 0.148. The Kier molecular flexibility index (Phi) is 7.01. The highest BCUT2D eigenvalue weighted by Gasteiger charge is 2.18. The molecule has 5 nitrogen and oxygen atoms in total. The van der Waals surface area contributed by atoms with E-state index in [9.17, 15) is 9.59 Å². The van der Waals surface area contributed by atoms with E-state index in [0.717, 1.165) is 11.1 Å². The summed E-state index contributed by atoms with van der Waals surface area (Å²) in [5, 5.41) is 2.89. The molecule has 0 aliphatic rings. The number of hydrogen-bond donors (Lipinski definition) is 1. The lowest BCUT2D eigenvalue weighted by Crippen LogP contribution is -2.37. The fourth-order valence-corrected chi connectivity index (χ4v) is 2.31. The van der Waals surface area contributed by atoms with E-state index in [1.54, 1.807) is 24.3 Å². The third kappa shape index (κ3) is 5.95. The Morgan fingerprint density at radius 2 is 1.68 bits per heavy atom. The Balaban J connectivity index is 1.89. The molecule has 2 aromatic rings. The van der Waals surface area contributed by atoms with Crippen LogP contribution in [0.1, 0.15) is 24.5 Å². The van der Waals surface area contributed by atoms with E-state index in [4.69, 9.17) is 4.74 Å².